The zero-order valence-electron chi connectivity index (χ0n) is 14.9. The van der Waals surface area contributed by atoms with Crippen LogP contribution in [0, 0.1) is 12.8 Å². The van der Waals surface area contributed by atoms with Gasteiger partial charge < -0.3 is 20.1 Å². The van der Waals surface area contributed by atoms with E-state index in [4.69, 9.17) is 4.74 Å². The Hall–Kier alpha value is -2.18. The number of carbonyl (C=O) groups excluding carboxylic acids is 2. The van der Waals surface area contributed by atoms with Crippen molar-refractivity contribution < 1.29 is 29.6 Å². The lowest BCUT2D eigenvalue weighted by molar-refractivity contribution is -0.128. The summed E-state index contributed by atoms with van der Waals surface area (Å²) < 4.78 is 5.42. The Bertz CT molecular complexity index is 753. The molecule has 0 bridgehead atoms. The normalized spacial score (nSPS) is 33.5. The lowest BCUT2D eigenvalue weighted by Gasteiger charge is -2.18. The first-order valence-electron chi connectivity index (χ1n) is 8.89. The molecule has 26 heavy (non-hydrogen) atoms. The average Bonchev–Trinajstić information content (AvgIpc) is 3.31. The molecule has 1 fully saturated rings. The van der Waals surface area contributed by atoms with Gasteiger partial charge in [0.25, 0.3) is 0 Å². The third-order valence-corrected chi connectivity index (χ3v) is 5.08. The Kier molecular flexibility index (Phi) is 5.16. The molecule has 1 aliphatic carbocycles. The third kappa shape index (κ3) is 3.81. The van der Waals surface area contributed by atoms with E-state index in [-0.39, 0.29) is 36.0 Å². The van der Waals surface area contributed by atoms with Crippen LogP contribution in [0.15, 0.2) is 24.3 Å². The lowest BCUT2D eigenvalue weighted by Crippen LogP contribution is -2.33. The molecule has 1 heterocycles. The summed E-state index contributed by atoms with van der Waals surface area (Å²) >= 11 is 0. The SMILES string of the molecule is Cc1cc(O)c2c(c1)C1CC1C[C@H](O)[C@H](O)C(=O)/C=C\C[C@H](C)OC2=O. The van der Waals surface area contributed by atoms with Crippen LogP contribution in [-0.4, -0.2) is 45.4 Å². The highest BCUT2D eigenvalue weighted by Gasteiger charge is 2.43. The minimum Gasteiger partial charge on any atom is -0.507 e. The predicted octanol–water partition coefficient (Wildman–Crippen LogP) is 1.99. The molecule has 6 heteroatoms. The minimum absolute atomic E-state index is 0.0194. The van der Waals surface area contributed by atoms with Crippen molar-refractivity contribution in [3.05, 3.63) is 41.0 Å². The largest absolute Gasteiger partial charge is 0.507 e. The second kappa shape index (κ2) is 7.21. The number of aliphatic hydroxyl groups excluding tert-OH is 2. The highest BCUT2D eigenvalue weighted by Crippen LogP contribution is 2.52. The maximum Gasteiger partial charge on any atom is 0.342 e. The predicted molar refractivity (Wildman–Crippen MR) is 94.0 cm³/mol. The summed E-state index contributed by atoms with van der Waals surface area (Å²) in [6.45, 7) is 3.52. The number of aryl methyl sites for hydroxylation is 1. The van der Waals surface area contributed by atoms with Crippen molar-refractivity contribution in [3.8, 4) is 5.75 Å². The molecule has 0 amide bonds. The number of ketones is 1. The molecule has 2 unspecified atom stereocenters. The Morgan fingerprint density at radius 2 is 1.88 bits per heavy atom. The maximum atomic E-state index is 12.6. The van der Waals surface area contributed by atoms with E-state index in [0.717, 1.165) is 5.56 Å². The summed E-state index contributed by atoms with van der Waals surface area (Å²) in [5.41, 5.74) is 1.69. The van der Waals surface area contributed by atoms with Gasteiger partial charge in [-0.1, -0.05) is 12.1 Å². The van der Waals surface area contributed by atoms with Crippen LogP contribution < -0.4 is 0 Å². The molecule has 0 radical (unpaired) electrons. The summed E-state index contributed by atoms with van der Waals surface area (Å²) in [4.78, 5) is 24.5. The van der Waals surface area contributed by atoms with Gasteiger partial charge in [0.1, 0.15) is 23.5 Å². The summed E-state index contributed by atoms with van der Waals surface area (Å²) in [5.74, 6) is -1.24. The molecule has 1 saturated carbocycles. The molecule has 0 aromatic heterocycles. The van der Waals surface area contributed by atoms with Crippen molar-refractivity contribution in [2.24, 2.45) is 5.92 Å². The topological polar surface area (TPSA) is 104 Å². The van der Waals surface area contributed by atoms with E-state index in [2.05, 4.69) is 0 Å². The van der Waals surface area contributed by atoms with Crippen LogP contribution in [0.2, 0.25) is 0 Å². The number of cyclic esters (lactones) is 1. The van der Waals surface area contributed by atoms with Gasteiger partial charge >= 0.3 is 5.97 Å². The molecular weight excluding hydrogens is 336 g/mol. The zero-order chi connectivity index (χ0) is 19.0. The van der Waals surface area contributed by atoms with E-state index in [1.54, 1.807) is 6.92 Å². The van der Waals surface area contributed by atoms with Crippen molar-refractivity contribution in [1.29, 1.82) is 0 Å². The van der Waals surface area contributed by atoms with E-state index < -0.39 is 30.1 Å². The molecule has 6 nitrogen and oxygen atoms in total. The molecule has 1 aliphatic heterocycles. The summed E-state index contributed by atoms with van der Waals surface area (Å²) in [6, 6.07) is 3.38. The number of phenolic OH excluding ortho intramolecular Hbond substituents is 1. The first kappa shape index (κ1) is 18.6. The van der Waals surface area contributed by atoms with Crippen molar-refractivity contribution in [3.63, 3.8) is 0 Å². The van der Waals surface area contributed by atoms with Gasteiger partial charge in [0.2, 0.25) is 0 Å². The van der Waals surface area contributed by atoms with Crippen LogP contribution in [0.1, 0.15) is 53.6 Å². The standard InChI is InChI=1S/C20H24O6/c1-10-6-14-13-8-12(13)9-17(23)19(24)15(21)5-3-4-11(2)26-20(25)18(14)16(22)7-10/h3,5-7,11-13,17,19,22-24H,4,8-9H2,1-2H3/b5-3-/t11-,12?,13?,17-,19+/m0/s1. The first-order valence-corrected chi connectivity index (χ1v) is 8.89. The van der Waals surface area contributed by atoms with Gasteiger partial charge in [0.05, 0.1) is 6.10 Å². The van der Waals surface area contributed by atoms with E-state index in [1.165, 1.54) is 18.2 Å². The molecule has 2 aliphatic rings. The molecule has 3 N–H and O–H groups in total. The Labute approximate surface area is 152 Å². The summed E-state index contributed by atoms with van der Waals surface area (Å²) in [7, 11) is 0. The van der Waals surface area contributed by atoms with Crippen LogP contribution in [0.5, 0.6) is 5.75 Å². The molecule has 140 valence electrons. The Morgan fingerprint density at radius 1 is 1.15 bits per heavy atom. The monoisotopic (exact) mass is 360 g/mol. The molecule has 0 spiro atoms. The molecule has 1 aromatic rings. The van der Waals surface area contributed by atoms with Crippen LogP contribution >= 0.6 is 0 Å². The number of hydrogen-bond donors (Lipinski definition) is 3. The number of esters is 1. The second-order valence-electron chi connectivity index (χ2n) is 7.35. The van der Waals surface area contributed by atoms with Crippen molar-refractivity contribution >= 4 is 11.8 Å². The van der Waals surface area contributed by atoms with Crippen molar-refractivity contribution in [1.82, 2.24) is 0 Å². The van der Waals surface area contributed by atoms with Crippen LogP contribution in [-0.2, 0) is 9.53 Å². The van der Waals surface area contributed by atoms with Gasteiger partial charge in [-0.2, -0.15) is 0 Å². The van der Waals surface area contributed by atoms with Gasteiger partial charge in [-0.15, -0.1) is 0 Å². The number of aliphatic hydroxyl groups is 2. The fourth-order valence-corrected chi connectivity index (χ4v) is 3.59. The fourth-order valence-electron chi connectivity index (χ4n) is 3.59. The average molecular weight is 360 g/mol. The van der Waals surface area contributed by atoms with Crippen LogP contribution in [0.25, 0.3) is 0 Å². The van der Waals surface area contributed by atoms with Gasteiger partial charge in [-0.05, 0) is 61.8 Å². The maximum absolute atomic E-state index is 12.6. The number of phenols is 1. The quantitative estimate of drug-likeness (QED) is 0.611. The second-order valence-corrected chi connectivity index (χ2v) is 7.35. The van der Waals surface area contributed by atoms with Crippen LogP contribution in [0.4, 0.5) is 0 Å². The number of hydrogen-bond acceptors (Lipinski definition) is 6. The van der Waals surface area contributed by atoms with E-state index in [1.807, 2.05) is 13.0 Å². The Balaban J connectivity index is 1.97. The first-order chi connectivity index (χ1) is 12.3. The van der Waals surface area contributed by atoms with Gasteiger partial charge in [0, 0.05) is 6.42 Å². The van der Waals surface area contributed by atoms with Crippen LogP contribution in [0.3, 0.4) is 0 Å². The summed E-state index contributed by atoms with van der Waals surface area (Å²) in [6.07, 6.45) is 0.863. The van der Waals surface area contributed by atoms with Gasteiger partial charge in [-0.3, -0.25) is 4.79 Å². The molecule has 0 saturated heterocycles. The number of fused-ring (bicyclic) bond motifs is 3. The van der Waals surface area contributed by atoms with Crippen molar-refractivity contribution in [2.45, 2.75) is 57.3 Å². The number of aromatic hydroxyl groups is 1. The molecule has 3 rings (SSSR count). The smallest absolute Gasteiger partial charge is 0.342 e. The van der Waals surface area contributed by atoms with Gasteiger partial charge in [-0.25, -0.2) is 4.79 Å². The lowest BCUT2D eigenvalue weighted by atomic mass is 9.95. The molecule has 5 atom stereocenters. The van der Waals surface area contributed by atoms with E-state index >= 15 is 0 Å². The molecular formula is C20H24O6. The highest BCUT2D eigenvalue weighted by molar-refractivity contribution is 5.95. The fraction of sp³-hybridized carbons (Fsp3) is 0.500. The zero-order valence-corrected chi connectivity index (χ0v) is 14.9. The van der Waals surface area contributed by atoms with Gasteiger partial charge in [0.15, 0.2) is 5.78 Å². The van der Waals surface area contributed by atoms with E-state index in [9.17, 15) is 24.9 Å². The van der Waals surface area contributed by atoms with E-state index in [0.29, 0.717) is 12.0 Å². The highest BCUT2D eigenvalue weighted by atomic mass is 16.5. The Morgan fingerprint density at radius 3 is 2.62 bits per heavy atom. The number of rotatable bonds is 0. The minimum atomic E-state index is -1.46. The summed E-state index contributed by atoms with van der Waals surface area (Å²) in [5, 5.41) is 30.5. The van der Waals surface area contributed by atoms with Crippen molar-refractivity contribution in [2.75, 3.05) is 0 Å². The molecule has 1 aromatic carbocycles. The third-order valence-electron chi connectivity index (χ3n) is 5.08. The number of carbonyl (C=O) groups is 2. The number of ether oxygens (including phenoxy) is 1. The number of benzene rings is 1.